The van der Waals surface area contributed by atoms with Gasteiger partial charge < -0.3 is 9.84 Å². The lowest BCUT2D eigenvalue weighted by Crippen LogP contribution is -2.29. The monoisotopic (exact) mass is 442 g/mol. The van der Waals surface area contributed by atoms with E-state index in [2.05, 4.69) is 4.98 Å². The highest BCUT2D eigenvalue weighted by molar-refractivity contribution is 6.51. The van der Waals surface area contributed by atoms with Gasteiger partial charge in [0, 0.05) is 30.6 Å². The molecule has 4 rings (SSSR count). The third-order valence-corrected chi connectivity index (χ3v) is 5.60. The number of pyridine rings is 1. The van der Waals surface area contributed by atoms with Crippen LogP contribution in [0.15, 0.2) is 72.6 Å². The summed E-state index contributed by atoms with van der Waals surface area (Å²) in [6, 6.07) is 14.3. The fraction of sp³-hybridized carbons (Fsp3) is 0.154. The Morgan fingerprint density at radius 1 is 1.00 bits per heavy atom. The van der Waals surface area contributed by atoms with Gasteiger partial charge in [-0.3, -0.25) is 24.3 Å². The molecule has 166 valence electrons. The quantitative estimate of drug-likeness (QED) is 0.213. The molecule has 1 fully saturated rings. The lowest BCUT2D eigenvalue weighted by Gasteiger charge is -2.26. The molecule has 33 heavy (non-hydrogen) atoms. The highest BCUT2D eigenvalue weighted by Crippen LogP contribution is 2.43. The van der Waals surface area contributed by atoms with Crippen LogP contribution >= 0.6 is 0 Å². The van der Waals surface area contributed by atoms with E-state index < -0.39 is 23.7 Å². The van der Waals surface area contributed by atoms with Crippen molar-refractivity contribution >= 4 is 29.1 Å². The zero-order valence-corrected chi connectivity index (χ0v) is 18.4. The van der Waals surface area contributed by atoms with Crippen molar-refractivity contribution in [1.82, 2.24) is 4.98 Å². The summed E-state index contributed by atoms with van der Waals surface area (Å²) in [6.45, 7) is 5.16. The summed E-state index contributed by atoms with van der Waals surface area (Å²) in [5, 5.41) is 11.1. The SMILES string of the molecule is CC(=O)Oc1cccc(C2/C(=C(\O)c3ccncc3)C(=O)C(=O)N2c2ccc(C)c(C)c2)c1. The summed E-state index contributed by atoms with van der Waals surface area (Å²) < 4.78 is 5.21. The van der Waals surface area contributed by atoms with Gasteiger partial charge in [-0.1, -0.05) is 18.2 Å². The van der Waals surface area contributed by atoms with Gasteiger partial charge in [-0.15, -0.1) is 0 Å². The number of hydrogen-bond acceptors (Lipinski definition) is 6. The number of anilines is 1. The molecule has 0 spiro atoms. The first-order valence-corrected chi connectivity index (χ1v) is 10.3. The van der Waals surface area contributed by atoms with Crippen LogP contribution in [0.1, 0.15) is 35.2 Å². The summed E-state index contributed by atoms with van der Waals surface area (Å²) in [6.07, 6.45) is 2.98. The molecule has 2 aromatic carbocycles. The van der Waals surface area contributed by atoms with Gasteiger partial charge in [0.1, 0.15) is 11.5 Å². The first-order valence-electron chi connectivity index (χ1n) is 10.3. The minimum Gasteiger partial charge on any atom is -0.507 e. The van der Waals surface area contributed by atoms with Gasteiger partial charge in [-0.2, -0.15) is 0 Å². The minimum atomic E-state index is -0.921. The summed E-state index contributed by atoms with van der Waals surface area (Å²) in [5.41, 5.74) is 3.35. The van der Waals surface area contributed by atoms with Gasteiger partial charge in [0.05, 0.1) is 11.6 Å². The van der Waals surface area contributed by atoms with Crippen molar-refractivity contribution in [3.8, 4) is 5.75 Å². The number of carbonyl (C=O) groups excluding carboxylic acids is 3. The van der Waals surface area contributed by atoms with Crippen LogP contribution < -0.4 is 9.64 Å². The maximum atomic E-state index is 13.2. The first kappa shape index (κ1) is 22.0. The van der Waals surface area contributed by atoms with Crippen molar-refractivity contribution in [2.75, 3.05) is 4.90 Å². The van der Waals surface area contributed by atoms with E-state index >= 15 is 0 Å². The maximum absolute atomic E-state index is 13.2. The Kier molecular flexibility index (Phi) is 5.79. The lowest BCUT2D eigenvalue weighted by molar-refractivity contribution is -0.132. The van der Waals surface area contributed by atoms with Crippen LogP contribution in [0.3, 0.4) is 0 Å². The standard InChI is InChI=1S/C26H22N2O5/c1-15-7-8-20(13-16(15)2)28-23(19-5-4-6-21(14-19)33-17(3)29)22(25(31)26(28)32)24(30)18-9-11-27-12-10-18/h4-14,23,30H,1-3H3/b24-22+. The molecule has 7 nitrogen and oxygen atoms in total. The number of aromatic nitrogens is 1. The molecular weight excluding hydrogens is 420 g/mol. The molecule has 3 aromatic rings. The number of aliphatic hydroxyl groups excluding tert-OH is 1. The lowest BCUT2D eigenvalue weighted by atomic mass is 9.95. The largest absolute Gasteiger partial charge is 0.507 e. The topological polar surface area (TPSA) is 96.8 Å². The zero-order chi connectivity index (χ0) is 23.7. The molecule has 1 aliphatic rings. The fourth-order valence-electron chi connectivity index (χ4n) is 3.87. The number of rotatable bonds is 4. The van der Waals surface area contributed by atoms with Crippen LogP contribution in [0.25, 0.3) is 5.76 Å². The van der Waals surface area contributed by atoms with Gasteiger partial charge in [-0.05, 0) is 66.9 Å². The van der Waals surface area contributed by atoms with Crippen LogP contribution in [0.4, 0.5) is 5.69 Å². The minimum absolute atomic E-state index is 0.0515. The van der Waals surface area contributed by atoms with E-state index in [-0.39, 0.29) is 17.1 Å². The van der Waals surface area contributed by atoms with E-state index in [1.165, 1.54) is 24.2 Å². The van der Waals surface area contributed by atoms with Gasteiger partial charge in [0.15, 0.2) is 0 Å². The van der Waals surface area contributed by atoms with Crippen molar-refractivity contribution in [3.63, 3.8) is 0 Å². The maximum Gasteiger partial charge on any atom is 0.308 e. The predicted molar refractivity (Wildman–Crippen MR) is 123 cm³/mol. The summed E-state index contributed by atoms with van der Waals surface area (Å²) in [5.74, 6) is -2.08. The molecule has 7 heteroatoms. The predicted octanol–water partition coefficient (Wildman–Crippen LogP) is 4.25. The van der Waals surface area contributed by atoms with E-state index in [1.807, 2.05) is 26.0 Å². The number of ether oxygens (including phenoxy) is 1. The number of benzene rings is 2. The van der Waals surface area contributed by atoms with E-state index in [1.54, 1.807) is 42.5 Å². The molecule has 1 aliphatic heterocycles. The number of aliphatic hydroxyl groups is 1. The molecule has 0 saturated carbocycles. The average Bonchev–Trinajstić information content (AvgIpc) is 3.06. The zero-order valence-electron chi connectivity index (χ0n) is 18.4. The number of Topliss-reactive ketones (excluding diaryl/α,β-unsaturated/α-hetero) is 1. The van der Waals surface area contributed by atoms with Crippen molar-refractivity contribution in [1.29, 1.82) is 0 Å². The number of hydrogen-bond donors (Lipinski definition) is 1. The van der Waals surface area contributed by atoms with Gasteiger partial charge in [-0.25, -0.2) is 0 Å². The smallest absolute Gasteiger partial charge is 0.308 e. The van der Waals surface area contributed by atoms with E-state index in [9.17, 15) is 19.5 Å². The molecule has 0 bridgehead atoms. The third kappa shape index (κ3) is 4.13. The van der Waals surface area contributed by atoms with Crippen LogP contribution in [0, 0.1) is 13.8 Å². The normalized spacial score (nSPS) is 17.3. The molecular formula is C26H22N2O5. The number of nitrogens with zero attached hydrogens (tertiary/aromatic N) is 2. The van der Waals surface area contributed by atoms with Crippen LogP contribution in [-0.2, 0) is 14.4 Å². The molecule has 1 saturated heterocycles. The molecule has 0 radical (unpaired) electrons. The Balaban J connectivity index is 1.95. The average molecular weight is 442 g/mol. The second kappa shape index (κ2) is 8.70. The molecule has 1 aromatic heterocycles. The Bertz CT molecular complexity index is 1300. The van der Waals surface area contributed by atoms with Gasteiger partial charge in [0.25, 0.3) is 11.7 Å². The van der Waals surface area contributed by atoms with E-state index in [0.29, 0.717) is 16.8 Å². The fourth-order valence-corrected chi connectivity index (χ4v) is 3.87. The highest BCUT2D eigenvalue weighted by Gasteiger charge is 2.47. The number of carbonyl (C=O) groups is 3. The Hall–Kier alpha value is -4.26. The summed E-state index contributed by atoms with van der Waals surface area (Å²) in [4.78, 5) is 43.2. The van der Waals surface area contributed by atoms with Crippen LogP contribution in [-0.4, -0.2) is 27.8 Å². The number of ketones is 1. The number of aryl methyl sites for hydroxylation is 2. The second-order valence-corrected chi connectivity index (χ2v) is 7.84. The number of amides is 1. The number of esters is 1. The van der Waals surface area contributed by atoms with Crippen molar-refractivity contribution in [2.45, 2.75) is 26.8 Å². The molecule has 2 heterocycles. The second-order valence-electron chi connectivity index (χ2n) is 7.84. The highest BCUT2D eigenvalue weighted by atomic mass is 16.5. The van der Waals surface area contributed by atoms with Crippen LogP contribution in [0.2, 0.25) is 0 Å². The molecule has 1 unspecified atom stereocenters. The summed E-state index contributed by atoms with van der Waals surface area (Å²) >= 11 is 0. The van der Waals surface area contributed by atoms with Crippen molar-refractivity contribution in [2.24, 2.45) is 0 Å². The Labute approximate surface area is 191 Å². The van der Waals surface area contributed by atoms with E-state index in [4.69, 9.17) is 4.74 Å². The first-order chi connectivity index (χ1) is 15.8. The van der Waals surface area contributed by atoms with Gasteiger partial charge in [0.2, 0.25) is 0 Å². The summed E-state index contributed by atoms with van der Waals surface area (Å²) in [7, 11) is 0. The molecule has 0 aliphatic carbocycles. The third-order valence-electron chi connectivity index (χ3n) is 5.60. The molecule has 1 N–H and O–H groups in total. The van der Waals surface area contributed by atoms with Crippen molar-refractivity contribution < 1.29 is 24.2 Å². The van der Waals surface area contributed by atoms with Crippen LogP contribution in [0.5, 0.6) is 5.75 Å². The van der Waals surface area contributed by atoms with Crippen molar-refractivity contribution in [3.05, 3.63) is 94.8 Å². The molecule has 1 amide bonds. The molecule has 1 atom stereocenters. The Morgan fingerprint density at radius 3 is 2.39 bits per heavy atom. The van der Waals surface area contributed by atoms with E-state index in [0.717, 1.165) is 11.1 Å². The Morgan fingerprint density at radius 2 is 1.73 bits per heavy atom. The van der Waals surface area contributed by atoms with Gasteiger partial charge >= 0.3 is 5.97 Å².